The molecule has 168 valence electrons. The van der Waals surface area contributed by atoms with E-state index in [2.05, 4.69) is 17.5 Å². The molecule has 32 heavy (non-hydrogen) atoms. The molecule has 1 heterocycles. The molecule has 1 N–H and O–H groups in total. The Balaban J connectivity index is 1.23. The summed E-state index contributed by atoms with van der Waals surface area (Å²) in [6.45, 7) is 4.00. The molecule has 0 radical (unpaired) electrons. The van der Waals surface area contributed by atoms with Crippen molar-refractivity contribution >= 4 is 29.4 Å². The van der Waals surface area contributed by atoms with Crippen molar-refractivity contribution in [1.29, 1.82) is 0 Å². The van der Waals surface area contributed by atoms with E-state index >= 15 is 0 Å². The van der Waals surface area contributed by atoms with Crippen LogP contribution in [0.2, 0.25) is 0 Å². The number of carbonyl (C=O) groups excluding carboxylic acids is 4. The summed E-state index contributed by atoms with van der Waals surface area (Å²) >= 11 is 0. The molecule has 1 aromatic rings. The first kappa shape index (κ1) is 20.9. The summed E-state index contributed by atoms with van der Waals surface area (Å²) < 4.78 is 5.19. The number of nitrogens with zero attached hydrogens (tertiary/aromatic N) is 1. The number of esters is 1. The minimum Gasteiger partial charge on any atom is -0.462 e. The average molecular weight is 437 g/mol. The molecule has 1 saturated heterocycles. The second kappa shape index (κ2) is 7.87. The average Bonchev–Trinajstić information content (AvgIpc) is 3.57. The number of allylic oxidation sites excluding steroid dienone is 2. The Labute approximate surface area is 187 Å². The number of ether oxygens (including phenoxy) is 1. The number of rotatable bonds is 7. The van der Waals surface area contributed by atoms with Crippen LogP contribution in [0.15, 0.2) is 36.4 Å². The maximum atomic E-state index is 13.2. The Hall–Kier alpha value is -2.96. The van der Waals surface area contributed by atoms with Crippen LogP contribution < -0.4 is 5.32 Å². The second-order valence-corrected chi connectivity index (χ2v) is 9.43. The smallest absolute Gasteiger partial charge is 0.338 e. The van der Waals surface area contributed by atoms with E-state index in [-0.39, 0.29) is 35.5 Å². The Morgan fingerprint density at radius 2 is 1.66 bits per heavy atom. The maximum absolute atomic E-state index is 13.2. The van der Waals surface area contributed by atoms with Crippen LogP contribution in [-0.2, 0) is 19.1 Å². The van der Waals surface area contributed by atoms with Crippen molar-refractivity contribution in [2.24, 2.45) is 35.5 Å². The highest BCUT2D eigenvalue weighted by Gasteiger charge is 2.67. The minimum atomic E-state index is -0.894. The molecule has 1 aromatic carbocycles. The van der Waals surface area contributed by atoms with Gasteiger partial charge in [-0.1, -0.05) is 25.5 Å². The summed E-state index contributed by atoms with van der Waals surface area (Å²) in [4.78, 5) is 52.4. The number of likely N-dealkylation sites (tertiary alicyclic amines) is 1. The Kier molecular flexibility index (Phi) is 5.14. The largest absolute Gasteiger partial charge is 0.462 e. The van der Waals surface area contributed by atoms with Crippen LogP contribution >= 0.6 is 0 Å². The summed E-state index contributed by atoms with van der Waals surface area (Å²) in [5.41, 5.74) is 0.897. The molecular formula is C25H28N2O5. The molecule has 7 atom stereocenters. The molecule has 6 rings (SSSR count). The first-order valence-electron chi connectivity index (χ1n) is 11.6. The Morgan fingerprint density at radius 1 is 1.06 bits per heavy atom. The van der Waals surface area contributed by atoms with Gasteiger partial charge in [0.1, 0.15) is 6.04 Å². The third kappa shape index (κ3) is 3.26. The topological polar surface area (TPSA) is 92.8 Å². The van der Waals surface area contributed by atoms with E-state index < -0.39 is 17.9 Å². The van der Waals surface area contributed by atoms with Crippen LogP contribution in [0.5, 0.6) is 0 Å². The number of unbranched alkanes of at least 4 members (excludes halogenated alkanes) is 1. The molecule has 2 saturated carbocycles. The van der Waals surface area contributed by atoms with Crippen LogP contribution in [-0.4, -0.2) is 41.2 Å². The van der Waals surface area contributed by atoms with E-state index in [4.69, 9.17) is 4.74 Å². The molecule has 0 spiro atoms. The normalized spacial score (nSPS) is 32.4. The van der Waals surface area contributed by atoms with Gasteiger partial charge in [-0.3, -0.25) is 19.3 Å². The quantitative estimate of drug-likeness (QED) is 0.307. The number of nitrogens with one attached hydrogen (secondary N) is 1. The number of benzene rings is 1. The lowest BCUT2D eigenvalue weighted by molar-refractivity contribution is -0.146. The molecule has 3 fully saturated rings. The van der Waals surface area contributed by atoms with E-state index in [9.17, 15) is 19.2 Å². The number of carbonyl (C=O) groups is 4. The molecule has 0 aromatic heterocycles. The third-order valence-corrected chi connectivity index (χ3v) is 7.58. The molecule has 1 aliphatic heterocycles. The lowest BCUT2D eigenvalue weighted by Gasteiger charge is -2.37. The van der Waals surface area contributed by atoms with E-state index in [1.807, 2.05) is 6.92 Å². The van der Waals surface area contributed by atoms with Crippen LogP contribution in [0.4, 0.5) is 5.69 Å². The van der Waals surface area contributed by atoms with Gasteiger partial charge in [-0.2, -0.15) is 0 Å². The van der Waals surface area contributed by atoms with Crippen molar-refractivity contribution in [3.05, 3.63) is 42.0 Å². The number of amides is 3. The second-order valence-electron chi connectivity index (χ2n) is 9.43. The summed E-state index contributed by atoms with van der Waals surface area (Å²) in [7, 11) is 0. The molecular weight excluding hydrogens is 408 g/mol. The standard InChI is InChI=1S/C25H28N2O5/c1-3-4-11-32-25(31)14-5-7-15(8-6-14)26-22(28)13(2)27-23(29)20-16-9-10-17(19-12-18(16)19)21(20)24(27)30/h5-10,13,16-21H,3-4,11-12H2,1-2H3,(H,26,28). The van der Waals surface area contributed by atoms with Crippen molar-refractivity contribution in [2.75, 3.05) is 11.9 Å². The zero-order valence-electron chi connectivity index (χ0n) is 18.3. The predicted octanol–water partition coefficient (Wildman–Crippen LogP) is 3.02. The van der Waals surface area contributed by atoms with Crippen LogP contribution in [0, 0.1) is 35.5 Å². The number of anilines is 1. The van der Waals surface area contributed by atoms with E-state index in [1.165, 1.54) is 4.90 Å². The summed E-state index contributed by atoms with van der Waals surface area (Å²) in [6, 6.07) is 5.52. The van der Waals surface area contributed by atoms with Gasteiger partial charge in [0.2, 0.25) is 17.7 Å². The molecule has 7 nitrogen and oxygen atoms in total. The Morgan fingerprint density at radius 3 is 2.22 bits per heavy atom. The van der Waals surface area contributed by atoms with Gasteiger partial charge in [0.25, 0.3) is 0 Å². The van der Waals surface area contributed by atoms with Gasteiger partial charge in [0, 0.05) is 5.69 Å². The lowest BCUT2D eigenvalue weighted by Crippen LogP contribution is -2.46. The van der Waals surface area contributed by atoms with Crippen LogP contribution in [0.1, 0.15) is 43.5 Å². The van der Waals surface area contributed by atoms with E-state index in [0.29, 0.717) is 29.7 Å². The van der Waals surface area contributed by atoms with Crippen molar-refractivity contribution in [2.45, 2.75) is 39.2 Å². The number of imide groups is 1. The summed E-state index contributed by atoms with van der Waals surface area (Å²) in [6.07, 6.45) is 7.10. The van der Waals surface area contributed by atoms with Gasteiger partial charge in [0.15, 0.2) is 0 Å². The first-order chi connectivity index (χ1) is 15.4. The van der Waals surface area contributed by atoms with Crippen LogP contribution in [0.3, 0.4) is 0 Å². The van der Waals surface area contributed by atoms with Gasteiger partial charge in [0.05, 0.1) is 24.0 Å². The van der Waals surface area contributed by atoms with E-state index in [0.717, 1.165) is 19.3 Å². The maximum Gasteiger partial charge on any atom is 0.338 e. The van der Waals surface area contributed by atoms with Crippen molar-refractivity contribution in [1.82, 2.24) is 4.90 Å². The molecule has 4 aliphatic carbocycles. The fraction of sp³-hybridized carbons (Fsp3) is 0.520. The van der Waals surface area contributed by atoms with Gasteiger partial charge in [-0.25, -0.2) is 4.79 Å². The fourth-order valence-corrected chi connectivity index (χ4v) is 5.81. The van der Waals surface area contributed by atoms with Gasteiger partial charge in [-0.15, -0.1) is 0 Å². The van der Waals surface area contributed by atoms with Crippen LogP contribution in [0.25, 0.3) is 0 Å². The predicted molar refractivity (Wildman–Crippen MR) is 116 cm³/mol. The zero-order chi connectivity index (χ0) is 22.6. The van der Waals surface area contributed by atoms with Crippen molar-refractivity contribution in [3.8, 4) is 0 Å². The zero-order valence-corrected chi connectivity index (χ0v) is 18.3. The highest BCUT2D eigenvalue weighted by Crippen LogP contribution is 2.65. The monoisotopic (exact) mass is 436 g/mol. The molecule has 3 amide bonds. The SMILES string of the molecule is CCCCOC(=O)c1ccc(NC(=O)C(C)N2C(=O)C3C4C=CC(C5CC45)C3C2=O)cc1. The first-order valence-corrected chi connectivity index (χ1v) is 11.6. The highest BCUT2D eigenvalue weighted by molar-refractivity contribution is 6.10. The molecule has 5 aliphatic rings. The summed E-state index contributed by atoms with van der Waals surface area (Å²) in [5, 5.41) is 2.76. The fourth-order valence-electron chi connectivity index (χ4n) is 5.81. The Bertz CT molecular complexity index is 964. The van der Waals surface area contributed by atoms with Gasteiger partial charge < -0.3 is 10.1 Å². The summed E-state index contributed by atoms with van der Waals surface area (Å²) in [5.74, 6) is -0.541. The molecule has 2 bridgehead atoms. The lowest BCUT2D eigenvalue weighted by atomic mass is 9.63. The number of hydrogen-bond donors (Lipinski definition) is 1. The van der Waals surface area contributed by atoms with E-state index in [1.54, 1.807) is 31.2 Å². The van der Waals surface area contributed by atoms with Gasteiger partial charge in [-0.05, 0) is 67.7 Å². The minimum absolute atomic E-state index is 0.135. The third-order valence-electron chi connectivity index (χ3n) is 7.58. The molecule has 7 unspecified atom stereocenters. The number of hydrogen-bond acceptors (Lipinski definition) is 5. The highest BCUT2D eigenvalue weighted by atomic mass is 16.5. The van der Waals surface area contributed by atoms with Gasteiger partial charge >= 0.3 is 5.97 Å². The van der Waals surface area contributed by atoms with Crippen molar-refractivity contribution in [3.63, 3.8) is 0 Å². The van der Waals surface area contributed by atoms with Crippen molar-refractivity contribution < 1.29 is 23.9 Å². The molecule has 7 heteroatoms.